The van der Waals surface area contributed by atoms with Crippen LogP contribution in [0.5, 0.6) is 5.75 Å². The predicted octanol–water partition coefficient (Wildman–Crippen LogP) is 3.60. The molecular formula is C17H29NO2. The Morgan fingerprint density at radius 3 is 2.50 bits per heavy atom. The fourth-order valence-corrected chi connectivity index (χ4v) is 2.08. The minimum absolute atomic E-state index is 0.554. The predicted molar refractivity (Wildman–Crippen MR) is 84.6 cm³/mol. The van der Waals surface area contributed by atoms with Gasteiger partial charge < -0.3 is 14.8 Å². The number of para-hydroxylation sites is 1. The van der Waals surface area contributed by atoms with Crippen molar-refractivity contribution in [2.24, 2.45) is 0 Å². The Balaban J connectivity index is 2.22. The summed E-state index contributed by atoms with van der Waals surface area (Å²) in [7, 11) is 1.74. The molecule has 0 spiro atoms. The Morgan fingerprint density at radius 1 is 1.10 bits per heavy atom. The zero-order chi connectivity index (χ0) is 14.6. The lowest BCUT2D eigenvalue weighted by molar-refractivity contribution is 0.194. The highest BCUT2D eigenvalue weighted by molar-refractivity contribution is 5.35. The summed E-state index contributed by atoms with van der Waals surface area (Å²) in [6.45, 7) is 8.06. The molecule has 0 saturated carbocycles. The molecule has 0 saturated heterocycles. The molecular weight excluding hydrogens is 250 g/mol. The van der Waals surface area contributed by atoms with E-state index in [4.69, 9.17) is 9.47 Å². The average molecular weight is 279 g/mol. The second kappa shape index (κ2) is 10.7. The van der Waals surface area contributed by atoms with Crippen LogP contribution in [0.3, 0.4) is 0 Å². The number of hydrogen-bond donors (Lipinski definition) is 1. The van der Waals surface area contributed by atoms with E-state index in [2.05, 4.69) is 37.4 Å². The van der Waals surface area contributed by atoms with Gasteiger partial charge in [-0.2, -0.15) is 0 Å². The summed E-state index contributed by atoms with van der Waals surface area (Å²) in [5.74, 6) is 1.60. The van der Waals surface area contributed by atoms with Crippen LogP contribution in [0.1, 0.15) is 44.6 Å². The molecule has 0 amide bonds. The van der Waals surface area contributed by atoms with E-state index >= 15 is 0 Å². The molecule has 1 aromatic rings. The number of nitrogens with one attached hydrogen (secondary N) is 1. The third-order valence-corrected chi connectivity index (χ3v) is 3.52. The lowest BCUT2D eigenvalue weighted by atomic mass is 9.98. The maximum atomic E-state index is 5.92. The smallest absolute Gasteiger partial charge is 0.122 e. The first-order valence-electron chi connectivity index (χ1n) is 7.71. The van der Waals surface area contributed by atoms with Crippen LogP contribution in [0.2, 0.25) is 0 Å². The van der Waals surface area contributed by atoms with Crippen molar-refractivity contribution in [2.75, 3.05) is 33.4 Å². The van der Waals surface area contributed by atoms with Gasteiger partial charge in [-0.05, 0) is 49.9 Å². The second-order valence-corrected chi connectivity index (χ2v) is 5.15. The molecule has 1 unspecified atom stereocenters. The molecule has 1 atom stereocenters. The molecule has 0 aliphatic heterocycles. The summed E-state index contributed by atoms with van der Waals surface area (Å²) < 4.78 is 10.9. The van der Waals surface area contributed by atoms with Crippen LogP contribution in [-0.2, 0) is 4.74 Å². The summed E-state index contributed by atoms with van der Waals surface area (Å²) in [5.41, 5.74) is 1.32. The normalized spacial score (nSPS) is 12.3. The number of hydrogen-bond acceptors (Lipinski definition) is 3. The van der Waals surface area contributed by atoms with Gasteiger partial charge in [0.15, 0.2) is 0 Å². The van der Waals surface area contributed by atoms with Crippen molar-refractivity contribution in [3.63, 3.8) is 0 Å². The fourth-order valence-electron chi connectivity index (χ4n) is 2.08. The molecule has 1 aromatic carbocycles. The third-order valence-electron chi connectivity index (χ3n) is 3.52. The van der Waals surface area contributed by atoms with E-state index in [1.165, 1.54) is 5.56 Å². The average Bonchev–Trinajstić information content (AvgIpc) is 2.49. The molecule has 1 rings (SSSR count). The quantitative estimate of drug-likeness (QED) is 0.628. The van der Waals surface area contributed by atoms with Crippen molar-refractivity contribution in [2.45, 2.75) is 39.0 Å². The van der Waals surface area contributed by atoms with Crippen LogP contribution < -0.4 is 10.1 Å². The van der Waals surface area contributed by atoms with E-state index in [0.29, 0.717) is 5.92 Å². The van der Waals surface area contributed by atoms with Gasteiger partial charge in [-0.15, -0.1) is 0 Å². The van der Waals surface area contributed by atoms with Gasteiger partial charge in [-0.3, -0.25) is 0 Å². The van der Waals surface area contributed by atoms with Crippen LogP contribution in [0.25, 0.3) is 0 Å². The Kier molecular flexibility index (Phi) is 9.09. The van der Waals surface area contributed by atoms with Gasteiger partial charge in [-0.25, -0.2) is 0 Å². The van der Waals surface area contributed by atoms with Crippen molar-refractivity contribution in [1.29, 1.82) is 0 Å². The highest BCUT2D eigenvalue weighted by Crippen LogP contribution is 2.28. The van der Waals surface area contributed by atoms with Gasteiger partial charge >= 0.3 is 0 Å². The molecule has 3 heteroatoms. The van der Waals surface area contributed by atoms with Crippen molar-refractivity contribution >= 4 is 0 Å². The SMILES string of the molecule is CCC(C)c1ccccc1OCCCNCCCOC. The van der Waals surface area contributed by atoms with Crippen molar-refractivity contribution in [1.82, 2.24) is 5.32 Å². The molecule has 114 valence electrons. The van der Waals surface area contributed by atoms with Crippen LogP contribution in [0.4, 0.5) is 0 Å². The zero-order valence-electron chi connectivity index (χ0n) is 13.2. The van der Waals surface area contributed by atoms with E-state index < -0.39 is 0 Å². The summed E-state index contributed by atoms with van der Waals surface area (Å²) >= 11 is 0. The van der Waals surface area contributed by atoms with Crippen LogP contribution in [0, 0.1) is 0 Å². The number of ether oxygens (including phenoxy) is 2. The van der Waals surface area contributed by atoms with Crippen molar-refractivity contribution in [3.05, 3.63) is 29.8 Å². The summed E-state index contributed by atoms with van der Waals surface area (Å²) in [6, 6.07) is 8.38. The lowest BCUT2D eigenvalue weighted by Crippen LogP contribution is -2.19. The molecule has 0 aliphatic carbocycles. The third kappa shape index (κ3) is 6.40. The second-order valence-electron chi connectivity index (χ2n) is 5.15. The van der Waals surface area contributed by atoms with E-state index in [9.17, 15) is 0 Å². The summed E-state index contributed by atoms with van der Waals surface area (Å²) in [6.07, 6.45) is 3.23. The monoisotopic (exact) mass is 279 g/mol. The Bertz CT molecular complexity index is 355. The van der Waals surface area contributed by atoms with Gasteiger partial charge in [0.05, 0.1) is 6.61 Å². The minimum atomic E-state index is 0.554. The van der Waals surface area contributed by atoms with E-state index in [1.807, 2.05) is 6.07 Å². The Hall–Kier alpha value is -1.06. The molecule has 0 fully saturated rings. The van der Waals surface area contributed by atoms with E-state index in [1.54, 1.807) is 7.11 Å². The first-order valence-corrected chi connectivity index (χ1v) is 7.71. The first-order chi connectivity index (χ1) is 9.79. The molecule has 20 heavy (non-hydrogen) atoms. The van der Waals surface area contributed by atoms with E-state index in [-0.39, 0.29) is 0 Å². The molecule has 3 nitrogen and oxygen atoms in total. The Labute approximate surface area is 123 Å². The van der Waals surface area contributed by atoms with Gasteiger partial charge in [0.1, 0.15) is 5.75 Å². The zero-order valence-corrected chi connectivity index (χ0v) is 13.2. The maximum Gasteiger partial charge on any atom is 0.122 e. The highest BCUT2D eigenvalue weighted by Gasteiger charge is 2.08. The van der Waals surface area contributed by atoms with Crippen molar-refractivity contribution < 1.29 is 9.47 Å². The van der Waals surface area contributed by atoms with Gasteiger partial charge in [0.2, 0.25) is 0 Å². The molecule has 0 radical (unpaired) electrons. The molecule has 0 aromatic heterocycles. The lowest BCUT2D eigenvalue weighted by Gasteiger charge is -2.15. The van der Waals surface area contributed by atoms with Gasteiger partial charge in [0.25, 0.3) is 0 Å². The first kappa shape index (κ1) is 17.0. The topological polar surface area (TPSA) is 30.5 Å². The Morgan fingerprint density at radius 2 is 1.80 bits per heavy atom. The molecule has 0 aliphatic rings. The van der Waals surface area contributed by atoms with Crippen molar-refractivity contribution in [3.8, 4) is 5.75 Å². The standard InChI is InChI=1S/C17H29NO2/c1-4-15(2)16-9-5-6-10-17(16)20-14-8-12-18-11-7-13-19-3/h5-6,9-10,15,18H,4,7-8,11-14H2,1-3H3. The van der Waals surface area contributed by atoms with Crippen LogP contribution >= 0.6 is 0 Å². The van der Waals surface area contributed by atoms with Gasteiger partial charge in [0, 0.05) is 13.7 Å². The van der Waals surface area contributed by atoms with E-state index in [0.717, 1.165) is 51.3 Å². The molecule has 0 bridgehead atoms. The fraction of sp³-hybridized carbons (Fsp3) is 0.647. The number of benzene rings is 1. The maximum absolute atomic E-state index is 5.92. The molecule has 0 heterocycles. The highest BCUT2D eigenvalue weighted by atomic mass is 16.5. The largest absolute Gasteiger partial charge is 0.493 e. The minimum Gasteiger partial charge on any atom is -0.493 e. The van der Waals surface area contributed by atoms with Crippen LogP contribution in [-0.4, -0.2) is 33.4 Å². The van der Waals surface area contributed by atoms with Gasteiger partial charge in [-0.1, -0.05) is 32.0 Å². The molecule has 1 N–H and O–H groups in total. The van der Waals surface area contributed by atoms with Crippen LogP contribution in [0.15, 0.2) is 24.3 Å². The number of rotatable bonds is 11. The summed E-state index contributed by atoms with van der Waals surface area (Å²) in [4.78, 5) is 0. The summed E-state index contributed by atoms with van der Waals surface area (Å²) in [5, 5.41) is 3.40. The number of methoxy groups -OCH3 is 1.